The van der Waals surface area contributed by atoms with Gasteiger partial charge in [-0.3, -0.25) is 4.79 Å². The first-order chi connectivity index (χ1) is 9.41. The fourth-order valence-electron chi connectivity index (χ4n) is 1.49. The number of pyridine rings is 1. The topological polar surface area (TPSA) is 88.5 Å². The van der Waals surface area contributed by atoms with Crippen LogP contribution in [0.5, 0.6) is 0 Å². The normalized spacial score (nSPS) is 10.1. The van der Waals surface area contributed by atoms with Gasteiger partial charge in [-0.15, -0.1) is 0 Å². The lowest BCUT2D eigenvalue weighted by atomic mass is 10.2. The van der Waals surface area contributed by atoms with E-state index in [4.69, 9.17) is 9.84 Å². The monoisotopic (exact) mass is 278 g/mol. The molecule has 0 bridgehead atoms. The minimum Gasteiger partial charge on any atom is -0.478 e. The van der Waals surface area contributed by atoms with Gasteiger partial charge in [0.1, 0.15) is 5.69 Å². The number of nitrogens with one attached hydrogen (secondary N) is 1. The molecule has 2 N–H and O–H groups in total. The van der Waals surface area contributed by atoms with Crippen LogP contribution < -0.4 is 5.32 Å². The van der Waals surface area contributed by atoms with Crippen LogP contribution in [0.2, 0.25) is 0 Å². The van der Waals surface area contributed by atoms with Crippen molar-refractivity contribution in [2.75, 3.05) is 19.8 Å². The molecule has 0 fully saturated rings. The molecule has 1 rings (SSSR count). The Balaban J connectivity index is 2.50. The quantitative estimate of drug-likeness (QED) is 0.581. The van der Waals surface area contributed by atoms with Crippen LogP contribution in [0.25, 0.3) is 0 Å². The van der Waals surface area contributed by atoms with E-state index >= 15 is 0 Å². The third-order valence-electron chi connectivity index (χ3n) is 2.43. The van der Waals surface area contributed by atoms with Gasteiger partial charge in [0.25, 0.3) is 5.91 Å². The highest BCUT2D eigenvalue weighted by Gasteiger charge is 2.12. The molecule has 0 saturated heterocycles. The summed E-state index contributed by atoms with van der Waals surface area (Å²) in [4.78, 5) is 26.6. The second-order valence-corrected chi connectivity index (χ2v) is 4.40. The van der Waals surface area contributed by atoms with E-state index in [1.807, 2.05) is 6.92 Å². The van der Waals surface area contributed by atoms with E-state index in [9.17, 15) is 9.59 Å². The van der Waals surface area contributed by atoms with Gasteiger partial charge < -0.3 is 15.2 Å². The smallest absolute Gasteiger partial charge is 0.337 e. The Hall–Kier alpha value is -2.21. The Kier molecular flexibility index (Phi) is 5.86. The molecule has 1 amide bonds. The highest BCUT2D eigenvalue weighted by atomic mass is 16.5. The summed E-state index contributed by atoms with van der Waals surface area (Å²) < 4.78 is 5.24. The molecule has 0 aromatic carbocycles. The Bertz CT molecular complexity index is 526. The predicted molar refractivity (Wildman–Crippen MR) is 73.9 cm³/mol. The minimum atomic E-state index is -1.06. The number of carboxylic acids is 1. The number of ether oxygens (including phenoxy) is 1. The first-order valence-electron chi connectivity index (χ1n) is 6.13. The minimum absolute atomic E-state index is 0.0892. The zero-order valence-electron chi connectivity index (χ0n) is 11.6. The molecule has 0 unspecified atom stereocenters. The summed E-state index contributed by atoms with van der Waals surface area (Å²) in [5, 5.41) is 11.5. The van der Waals surface area contributed by atoms with Crippen molar-refractivity contribution < 1.29 is 19.4 Å². The maximum Gasteiger partial charge on any atom is 0.337 e. The van der Waals surface area contributed by atoms with Crippen molar-refractivity contribution in [1.29, 1.82) is 0 Å². The second-order valence-electron chi connectivity index (χ2n) is 4.40. The average molecular weight is 278 g/mol. The third kappa shape index (κ3) is 4.81. The van der Waals surface area contributed by atoms with Crippen molar-refractivity contribution in [2.24, 2.45) is 0 Å². The standard InChI is InChI=1S/C14H18N2O4/c1-9(2)8-20-7-6-15-13(17)12-5-4-11(14(18)19)10(3)16-12/h4-5H,1,6-8H2,2-3H3,(H,15,17)(H,18,19). The lowest BCUT2D eigenvalue weighted by Gasteiger charge is -2.07. The Morgan fingerprint density at radius 1 is 1.45 bits per heavy atom. The number of amides is 1. The molecular formula is C14H18N2O4. The number of hydrogen-bond donors (Lipinski definition) is 2. The zero-order valence-corrected chi connectivity index (χ0v) is 11.6. The fourth-order valence-corrected chi connectivity index (χ4v) is 1.49. The number of aromatic nitrogens is 1. The molecule has 1 aromatic rings. The van der Waals surface area contributed by atoms with Gasteiger partial charge in [-0.2, -0.15) is 0 Å². The molecule has 0 saturated carbocycles. The second kappa shape index (κ2) is 7.40. The molecule has 0 radical (unpaired) electrons. The summed E-state index contributed by atoms with van der Waals surface area (Å²) in [6.07, 6.45) is 0. The SMILES string of the molecule is C=C(C)COCCNC(=O)c1ccc(C(=O)O)c(C)n1. The summed E-state index contributed by atoms with van der Waals surface area (Å²) in [6.45, 7) is 8.30. The van der Waals surface area contributed by atoms with Gasteiger partial charge in [0.05, 0.1) is 24.5 Å². The molecule has 6 nitrogen and oxygen atoms in total. The number of rotatable bonds is 7. The first kappa shape index (κ1) is 15.8. The van der Waals surface area contributed by atoms with Crippen LogP contribution in [0.15, 0.2) is 24.3 Å². The zero-order chi connectivity index (χ0) is 15.1. The lowest BCUT2D eigenvalue weighted by molar-refractivity contribution is 0.0694. The molecule has 1 aromatic heterocycles. The number of aryl methyl sites for hydroxylation is 1. The van der Waals surface area contributed by atoms with E-state index < -0.39 is 5.97 Å². The van der Waals surface area contributed by atoms with Crippen LogP contribution in [0.1, 0.15) is 33.5 Å². The van der Waals surface area contributed by atoms with E-state index in [1.165, 1.54) is 12.1 Å². The van der Waals surface area contributed by atoms with Crippen molar-refractivity contribution in [3.63, 3.8) is 0 Å². The van der Waals surface area contributed by atoms with Crippen LogP contribution in [0, 0.1) is 6.92 Å². The van der Waals surface area contributed by atoms with Crippen LogP contribution >= 0.6 is 0 Å². The fraction of sp³-hybridized carbons (Fsp3) is 0.357. The van der Waals surface area contributed by atoms with E-state index in [-0.39, 0.29) is 17.2 Å². The average Bonchev–Trinajstić information content (AvgIpc) is 2.37. The van der Waals surface area contributed by atoms with Crippen LogP contribution in [0.4, 0.5) is 0 Å². The Morgan fingerprint density at radius 2 is 2.15 bits per heavy atom. The van der Waals surface area contributed by atoms with Gasteiger partial charge in [-0.25, -0.2) is 9.78 Å². The van der Waals surface area contributed by atoms with Gasteiger partial charge in [-0.1, -0.05) is 12.2 Å². The Morgan fingerprint density at radius 3 is 2.70 bits per heavy atom. The highest BCUT2D eigenvalue weighted by molar-refractivity contribution is 5.94. The van der Waals surface area contributed by atoms with Crippen molar-refractivity contribution in [1.82, 2.24) is 10.3 Å². The summed E-state index contributed by atoms with van der Waals surface area (Å²) in [5.74, 6) is -1.42. The van der Waals surface area contributed by atoms with Crippen molar-refractivity contribution in [2.45, 2.75) is 13.8 Å². The van der Waals surface area contributed by atoms with Crippen molar-refractivity contribution in [3.05, 3.63) is 41.2 Å². The van der Waals surface area contributed by atoms with E-state index in [0.29, 0.717) is 25.5 Å². The molecule has 0 aliphatic carbocycles. The molecular weight excluding hydrogens is 260 g/mol. The molecule has 1 heterocycles. The molecule has 0 aliphatic rings. The summed E-state index contributed by atoms with van der Waals surface area (Å²) >= 11 is 0. The molecule has 0 atom stereocenters. The maximum absolute atomic E-state index is 11.8. The highest BCUT2D eigenvalue weighted by Crippen LogP contribution is 2.06. The number of hydrogen-bond acceptors (Lipinski definition) is 4. The maximum atomic E-state index is 11.8. The number of nitrogens with zero attached hydrogens (tertiary/aromatic N) is 1. The molecule has 0 aliphatic heterocycles. The van der Waals surface area contributed by atoms with Crippen molar-refractivity contribution >= 4 is 11.9 Å². The van der Waals surface area contributed by atoms with E-state index in [2.05, 4.69) is 16.9 Å². The summed E-state index contributed by atoms with van der Waals surface area (Å²) in [7, 11) is 0. The summed E-state index contributed by atoms with van der Waals surface area (Å²) in [5.41, 5.74) is 1.50. The van der Waals surface area contributed by atoms with Crippen LogP contribution in [0.3, 0.4) is 0 Å². The summed E-state index contributed by atoms with van der Waals surface area (Å²) in [6, 6.07) is 2.76. The third-order valence-corrected chi connectivity index (χ3v) is 2.43. The molecule has 108 valence electrons. The van der Waals surface area contributed by atoms with Gasteiger partial charge in [0, 0.05) is 6.54 Å². The van der Waals surface area contributed by atoms with Gasteiger partial charge in [-0.05, 0) is 26.0 Å². The number of aromatic carboxylic acids is 1. The lowest BCUT2D eigenvalue weighted by Crippen LogP contribution is -2.28. The van der Waals surface area contributed by atoms with Crippen LogP contribution in [-0.2, 0) is 4.74 Å². The predicted octanol–water partition coefficient (Wildman–Crippen LogP) is 1.41. The van der Waals surface area contributed by atoms with Gasteiger partial charge in [0.2, 0.25) is 0 Å². The number of carbonyl (C=O) groups is 2. The van der Waals surface area contributed by atoms with Gasteiger partial charge >= 0.3 is 5.97 Å². The number of carbonyl (C=O) groups excluding carboxylic acids is 1. The van der Waals surface area contributed by atoms with E-state index in [1.54, 1.807) is 6.92 Å². The molecule has 0 spiro atoms. The van der Waals surface area contributed by atoms with Gasteiger partial charge in [0.15, 0.2) is 0 Å². The molecule has 6 heteroatoms. The number of carboxylic acid groups (broad SMARTS) is 1. The largest absolute Gasteiger partial charge is 0.478 e. The molecule has 20 heavy (non-hydrogen) atoms. The van der Waals surface area contributed by atoms with Crippen LogP contribution in [-0.4, -0.2) is 41.7 Å². The Labute approximate surface area is 117 Å². The van der Waals surface area contributed by atoms with Crippen molar-refractivity contribution in [3.8, 4) is 0 Å². The van der Waals surface area contributed by atoms with E-state index in [0.717, 1.165) is 5.57 Å². The first-order valence-corrected chi connectivity index (χ1v) is 6.13.